The predicted molar refractivity (Wildman–Crippen MR) is 134 cm³/mol. The Morgan fingerprint density at radius 1 is 0.686 bits per heavy atom. The molecular formula is C28H23N3O4. The quantitative estimate of drug-likeness (QED) is 0.281. The molecule has 0 spiro atoms. The first-order valence-corrected chi connectivity index (χ1v) is 11.7. The summed E-state index contributed by atoms with van der Waals surface area (Å²) in [5.41, 5.74) is 0.796. The zero-order valence-corrected chi connectivity index (χ0v) is 18.8. The van der Waals surface area contributed by atoms with Gasteiger partial charge in [-0.2, -0.15) is 9.97 Å². The first-order chi connectivity index (χ1) is 17.1. The Bertz CT molecular complexity index is 1560. The highest BCUT2D eigenvalue weighted by Gasteiger charge is 2.23. The van der Waals surface area contributed by atoms with Gasteiger partial charge in [0.05, 0.1) is 0 Å². The molecule has 35 heavy (non-hydrogen) atoms. The molecule has 0 atom stereocenters. The third-order valence-electron chi connectivity index (χ3n) is 6.50. The van der Waals surface area contributed by atoms with Crippen LogP contribution in [0.2, 0.25) is 0 Å². The number of ether oxygens (including phenoxy) is 1. The Kier molecular flexibility index (Phi) is 5.10. The molecule has 1 aliphatic rings. The van der Waals surface area contributed by atoms with Crippen LogP contribution in [0.25, 0.3) is 44.3 Å². The fourth-order valence-electron chi connectivity index (χ4n) is 4.86. The molecule has 0 aliphatic heterocycles. The van der Waals surface area contributed by atoms with Crippen LogP contribution in [0.15, 0.2) is 66.7 Å². The van der Waals surface area contributed by atoms with Crippen molar-refractivity contribution in [3.63, 3.8) is 0 Å². The molecule has 5 aromatic rings. The van der Waals surface area contributed by atoms with Gasteiger partial charge in [0.2, 0.25) is 0 Å². The van der Waals surface area contributed by atoms with Crippen molar-refractivity contribution in [2.45, 2.75) is 31.8 Å². The van der Waals surface area contributed by atoms with Crippen LogP contribution in [0.1, 0.15) is 25.7 Å². The molecule has 1 aromatic heterocycles. The maximum absolute atomic E-state index is 10.5. The first kappa shape index (κ1) is 21.2. The number of hydrogen-bond donors (Lipinski definition) is 3. The lowest BCUT2D eigenvalue weighted by Crippen LogP contribution is -2.14. The minimum absolute atomic E-state index is 0.00724. The molecule has 1 aliphatic carbocycles. The second kappa shape index (κ2) is 8.43. The molecule has 0 radical (unpaired) electrons. The average Bonchev–Trinajstić information content (AvgIpc) is 3.36. The van der Waals surface area contributed by atoms with E-state index < -0.39 is 0 Å². The van der Waals surface area contributed by atoms with Crippen molar-refractivity contribution in [3.8, 4) is 46.0 Å². The van der Waals surface area contributed by atoms with Crippen LogP contribution in [-0.2, 0) is 0 Å². The number of nitrogens with zero attached hydrogens (tertiary/aromatic N) is 3. The van der Waals surface area contributed by atoms with Gasteiger partial charge in [-0.15, -0.1) is 0 Å². The average molecular weight is 466 g/mol. The minimum atomic E-state index is -0.338. The number of hydrogen-bond acceptors (Lipinski definition) is 7. The van der Waals surface area contributed by atoms with Gasteiger partial charge in [-0.3, -0.25) is 0 Å². The Balaban J connectivity index is 1.60. The van der Waals surface area contributed by atoms with E-state index in [1.54, 1.807) is 0 Å². The van der Waals surface area contributed by atoms with Gasteiger partial charge in [-0.1, -0.05) is 48.5 Å². The van der Waals surface area contributed by atoms with E-state index in [0.717, 1.165) is 64.9 Å². The maximum Gasteiger partial charge on any atom is 0.320 e. The van der Waals surface area contributed by atoms with Crippen LogP contribution >= 0.6 is 0 Å². The molecular weight excluding hydrogens is 442 g/mol. The summed E-state index contributed by atoms with van der Waals surface area (Å²) in [6.07, 6.45) is 4.03. The van der Waals surface area contributed by atoms with E-state index in [1.807, 2.05) is 42.5 Å². The first-order valence-electron chi connectivity index (χ1n) is 11.7. The number of phenolic OH excluding ortho intramolecular Hbond substituents is 3. The summed E-state index contributed by atoms with van der Waals surface area (Å²) in [7, 11) is 0. The third-order valence-corrected chi connectivity index (χ3v) is 6.50. The normalized spacial score (nSPS) is 14.1. The minimum Gasteiger partial charge on any atom is -0.508 e. The van der Waals surface area contributed by atoms with E-state index >= 15 is 0 Å². The lowest BCUT2D eigenvalue weighted by atomic mass is 9.97. The molecule has 0 bridgehead atoms. The van der Waals surface area contributed by atoms with Crippen molar-refractivity contribution in [2.24, 2.45) is 0 Å². The van der Waals surface area contributed by atoms with Gasteiger partial charge in [0.1, 0.15) is 28.9 Å². The number of benzene rings is 4. The molecule has 0 amide bonds. The zero-order chi connectivity index (χ0) is 23.9. The van der Waals surface area contributed by atoms with Crippen LogP contribution in [0, 0.1) is 0 Å². The number of fused-ring (bicyclic) bond motifs is 3. The van der Waals surface area contributed by atoms with Crippen LogP contribution in [0.5, 0.6) is 23.3 Å². The lowest BCUT2D eigenvalue weighted by Gasteiger charge is -2.15. The highest BCUT2D eigenvalue weighted by atomic mass is 16.5. The van der Waals surface area contributed by atoms with Crippen molar-refractivity contribution in [3.05, 3.63) is 66.7 Å². The SMILES string of the molecule is Oc1cc(O)c(-c2nc(OC3CCCC3)nc(-c3cc4ccccc4c4ccccc34)n2)c(O)c1. The summed E-state index contributed by atoms with van der Waals surface area (Å²) in [4.78, 5) is 13.8. The fourth-order valence-corrected chi connectivity index (χ4v) is 4.86. The molecule has 6 rings (SSSR count). The van der Waals surface area contributed by atoms with Gasteiger partial charge >= 0.3 is 6.01 Å². The number of rotatable bonds is 4. The number of phenols is 3. The van der Waals surface area contributed by atoms with E-state index in [0.29, 0.717) is 5.82 Å². The molecule has 1 fully saturated rings. The molecule has 3 N–H and O–H groups in total. The highest BCUT2D eigenvalue weighted by Crippen LogP contribution is 2.41. The zero-order valence-electron chi connectivity index (χ0n) is 18.8. The van der Waals surface area contributed by atoms with E-state index in [2.05, 4.69) is 27.1 Å². The second-order valence-electron chi connectivity index (χ2n) is 8.84. The van der Waals surface area contributed by atoms with Gasteiger partial charge in [0, 0.05) is 17.7 Å². The summed E-state index contributed by atoms with van der Waals surface area (Å²) < 4.78 is 6.13. The number of aromatic hydroxyl groups is 3. The Morgan fingerprint density at radius 2 is 1.31 bits per heavy atom. The third kappa shape index (κ3) is 3.85. The van der Waals surface area contributed by atoms with Crippen molar-refractivity contribution in [2.75, 3.05) is 0 Å². The Morgan fingerprint density at radius 3 is 2.06 bits per heavy atom. The smallest absolute Gasteiger partial charge is 0.320 e. The topological polar surface area (TPSA) is 109 Å². The van der Waals surface area contributed by atoms with Crippen molar-refractivity contribution < 1.29 is 20.1 Å². The Hall–Kier alpha value is -4.39. The predicted octanol–water partition coefficient (Wildman–Crippen LogP) is 5.95. The van der Waals surface area contributed by atoms with Crippen LogP contribution < -0.4 is 4.74 Å². The Labute approximate surface area is 201 Å². The van der Waals surface area contributed by atoms with Gasteiger partial charge in [0.25, 0.3) is 0 Å². The molecule has 0 saturated heterocycles. The number of aromatic nitrogens is 3. The van der Waals surface area contributed by atoms with E-state index in [9.17, 15) is 15.3 Å². The second-order valence-corrected chi connectivity index (χ2v) is 8.84. The molecule has 1 heterocycles. The molecule has 7 nitrogen and oxygen atoms in total. The summed E-state index contributed by atoms with van der Waals surface area (Å²) in [5.74, 6) is -0.502. The van der Waals surface area contributed by atoms with Crippen molar-refractivity contribution in [1.82, 2.24) is 15.0 Å². The summed E-state index contributed by atoms with van der Waals surface area (Å²) in [5, 5.41) is 35.0. The van der Waals surface area contributed by atoms with Crippen LogP contribution in [0.4, 0.5) is 0 Å². The van der Waals surface area contributed by atoms with Crippen LogP contribution in [0.3, 0.4) is 0 Å². The van der Waals surface area contributed by atoms with E-state index in [1.165, 1.54) is 0 Å². The lowest BCUT2D eigenvalue weighted by molar-refractivity contribution is 0.192. The molecule has 4 aromatic carbocycles. The molecule has 174 valence electrons. The molecule has 7 heteroatoms. The summed E-state index contributed by atoms with van der Waals surface area (Å²) in [6, 6.07) is 20.6. The standard InChI is InChI=1S/C28H23N3O4/c32-17-14-23(33)25(24(34)15-17)27-29-26(30-28(31-27)35-18-8-2-3-9-18)22-13-16-7-1-4-10-19(16)20-11-5-6-12-21(20)22/h1,4-7,10-15,18,32-34H,2-3,8-9H2. The van der Waals surface area contributed by atoms with Gasteiger partial charge in [0.15, 0.2) is 11.6 Å². The summed E-state index contributed by atoms with van der Waals surface area (Å²) >= 11 is 0. The maximum atomic E-state index is 10.5. The molecule has 1 saturated carbocycles. The summed E-state index contributed by atoms with van der Waals surface area (Å²) in [6.45, 7) is 0. The van der Waals surface area contributed by atoms with E-state index in [-0.39, 0.29) is 40.8 Å². The van der Waals surface area contributed by atoms with Gasteiger partial charge in [-0.25, -0.2) is 4.98 Å². The largest absolute Gasteiger partial charge is 0.508 e. The fraction of sp³-hybridized carbons (Fsp3) is 0.179. The van der Waals surface area contributed by atoms with Crippen molar-refractivity contribution in [1.29, 1.82) is 0 Å². The van der Waals surface area contributed by atoms with Gasteiger partial charge < -0.3 is 20.1 Å². The van der Waals surface area contributed by atoms with Gasteiger partial charge in [-0.05, 0) is 53.3 Å². The molecule has 0 unspecified atom stereocenters. The monoisotopic (exact) mass is 465 g/mol. The van der Waals surface area contributed by atoms with Crippen molar-refractivity contribution >= 4 is 21.5 Å². The van der Waals surface area contributed by atoms with Crippen LogP contribution in [-0.4, -0.2) is 36.4 Å². The highest BCUT2D eigenvalue weighted by molar-refractivity contribution is 6.13. The van der Waals surface area contributed by atoms with E-state index in [4.69, 9.17) is 4.74 Å².